The summed E-state index contributed by atoms with van der Waals surface area (Å²) in [5.74, 6) is 0.258. The Morgan fingerprint density at radius 3 is 2.83 bits per heavy atom. The molecule has 0 unspecified atom stereocenters. The van der Waals surface area contributed by atoms with E-state index in [0.29, 0.717) is 35.8 Å². The molecule has 8 heteroatoms. The molecule has 7 nitrogen and oxygen atoms in total. The average Bonchev–Trinajstić information content (AvgIpc) is 3.30. The van der Waals surface area contributed by atoms with E-state index < -0.39 is 0 Å². The van der Waals surface area contributed by atoms with Gasteiger partial charge in [-0.3, -0.25) is 9.59 Å². The Bertz CT molecular complexity index is 1080. The number of nitrogens with zero attached hydrogens (tertiary/aromatic N) is 2. The number of carbonyl (C=O) groups excluding carboxylic acids is 2. The molecule has 0 aliphatic carbocycles. The molecule has 1 N–H and O–H groups in total. The molecule has 0 saturated carbocycles. The van der Waals surface area contributed by atoms with Crippen LogP contribution in [-0.2, 0) is 11.3 Å². The first-order valence-corrected chi connectivity index (χ1v) is 10.0. The molecular formula is C21H23N3O4S. The molecule has 2 amide bonds. The zero-order chi connectivity index (χ0) is 20.8. The first kappa shape index (κ1) is 20.8. The monoisotopic (exact) mass is 413 g/mol. The van der Waals surface area contributed by atoms with E-state index in [0.717, 1.165) is 11.3 Å². The Morgan fingerprint density at radius 1 is 1.24 bits per heavy atom. The van der Waals surface area contributed by atoms with Crippen LogP contribution >= 0.6 is 11.3 Å². The highest BCUT2D eigenvalue weighted by atomic mass is 32.1. The van der Waals surface area contributed by atoms with Crippen LogP contribution in [0, 0.1) is 13.8 Å². The molecule has 3 rings (SSSR count). The van der Waals surface area contributed by atoms with Gasteiger partial charge < -0.3 is 19.0 Å². The van der Waals surface area contributed by atoms with Gasteiger partial charge in [0.15, 0.2) is 10.6 Å². The van der Waals surface area contributed by atoms with Crippen molar-refractivity contribution in [2.75, 3.05) is 20.3 Å². The summed E-state index contributed by atoms with van der Waals surface area (Å²) >= 11 is 1.39. The third-order valence-electron chi connectivity index (χ3n) is 4.24. The molecule has 29 heavy (non-hydrogen) atoms. The van der Waals surface area contributed by atoms with Gasteiger partial charge in [-0.1, -0.05) is 17.7 Å². The largest absolute Gasteiger partial charge is 0.454 e. The van der Waals surface area contributed by atoms with Crippen molar-refractivity contribution in [2.24, 2.45) is 4.99 Å². The standard InChI is InChI=1S/C21H23N3O4S/c1-14-5-4-6-16(11-14)19(25)23-21-24(15(2)13-29-21)12-17-7-8-18(28-17)20(26)22-9-10-27-3/h4-8,11,13H,9-10,12H2,1-3H3,(H,22,26). The topological polar surface area (TPSA) is 85.8 Å². The van der Waals surface area contributed by atoms with Crippen molar-refractivity contribution in [3.8, 4) is 0 Å². The number of methoxy groups -OCH3 is 1. The number of rotatable bonds is 7. The molecule has 2 heterocycles. The number of furan rings is 1. The number of benzene rings is 1. The summed E-state index contributed by atoms with van der Waals surface area (Å²) in [6.45, 7) is 5.09. The third kappa shape index (κ3) is 5.30. The summed E-state index contributed by atoms with van der Waals surface area (Å²) in [4.78, 5) is 29.5. The SMILES string of the molecule is COCCNC(=O)c1ccc(Cn2c(C)csc2=NC(=O)c2cccc(C)c2)o1. The van der Waals surface area contributed by atoms with Crippen molar-refractivity contribution in [1.29, 1.82) is 0 Å². The van der Waals surface area contributed by atoms with Crippen LogP contribution in [0.2, 0.25) is 0 Å². The number of aryl methyl sites for hydroxylation is 2. The van der Waals surface area contributed by atoms with Crippen LogP contribution in [0.4, 0.5) is 0 Å². The molecule has 0 bridgehead atoms. The quantitative estimate of drug-likeness (QED) is 0.604. The normalized spacial score (nSPS) is 11.6. The summed E-state index contributed by atoms with van der Waals surface area (Å²) in [5.41, 5.74) is 2.51. The lowest BCUT2D eigenvalue weighted by Gasteiger charge is -2.04. The van der Waals surface area contributed by atoms with Crippen LogP contribution in [0.25, 0.3) is 0 Å². The van der Waals surface area contributed by atoms with Gasteiger partial charge in [-0.15, -0.1) is 11.3 Å². The maximum Gasteiger partial charge on any atom is 0.287 e. The molecule has 0 aliphatic heterocycles. The van der Waals surface area contributed by atoms with Crippen molar-refractivity contribution < 1.29 is 18.7 Å². The second-order valence-corrected chi connectivity index (χ2v) is 7.38. The first-order valence-electron chi connectivity index (χ1n) is 9.14. The molecule has 1 aromatic carbocycles. The van der Waals surface area contributed by atoms with E-state index in [-0.39, 0.29) is 17.6 Å². The lowest BCUT2D eigenvalue weighted by Crippen LogP contribution is -2.26. The van der Waals surface area contributed by atoms with Gasteiger partial charge in [-0.05, 0) is 38.1 Å². The maximum atomic E-state index is 12.5. The molecular weight excluding hydrogens is 390 g/mol. The van der Waals surface area contributed by atoms with Gasteiger partial charge in [-0.2, -0.15) is 4.99 Å². The highest BCUT2D eigenvalue weighted by Gasteiger charge is 2.13. The van der Waals surface area contributed by atoms with Crippen molar-refractivity contribution in [3.63, 3.8) is 0 Å². The fraction of sp³-hybridized carbons (Fsp3) is 0.286. The van der Waals surface area contributed by atoms with Crippen molar-refractivity contribution in [3.05, 3.63) is 74.9 Å². The van der Waals surface area contributed by atoms with Gasteiger partial charge in [0.2, 0.25) is 0 Å². The molecule has 2 aromatic heterocycles. The van der Waals surface area contributed by atoms with Crippen LogP contribution in [0.1, 0.15) is 37.9 Å². The van der Waals surface area contributed by atoms with Crippen LogP contribution in [-0.4, -0.2) is 36.6 Å². The van der Waals surface area contributed by atoms with E-state index in [1.165, 1.54) is 11.3 Å². The Morgan fingerprint density at radius 2 is 2.07 bits per heavy atom. The van der Waals surface area contributed by atoms with Crippen LogP contribution in [0.5, 0.6) is 0 Å². The van der Waals surface area contributed by atoms with E-state index >= 15 is 0 Å². The molecule has 0 aliphatic rings. The zero-order valence-corrected chi connectivity index (χ0v) is 17.4. The molecule has 152 valence electrons. The lowest BCUT2D eigenvalue weighted by atomic mass is 10.1. The second kappa shape index (κ2) is 9.49. The number of amides is 2. The summed E-state index contributed by atoms with van der Waals surface area (Å²) in [5, 5.41) is 4.65. The maximum absolute atomic E-state index is 12.5. The van der Waals surface area contributed by atoms with Crippen molar-refractivity contribution in [1.82, 2.24) is 9.88 Å². The summed E-state index contributed by atoms with van der Waals surface area (Å²) in [6, 6.07) is 10.7. The molecule has 3 aromatic rings. The smallest absolute Gasteiger partial charge is 0.287 e. The predicted molar refractivity (Wildman–Crippen MR) is 110 cm³/mol. The van der Waals surface area contributed by atoms with E-state index in [9.17, 15) is 9.59 Å². The zero-order valence-electron chi connectivity index (χ0n) is 16.6. The minimum atomic E-state index is -0.292. The Balaban J connectivity index is 1.78. The lowest BCUT2D eigenvalue weighted by molar-refractivity contribution is 0.0907. The van der Waals surface area contributed by atoms with Gasteiger partial charge in [0, 0.05) is 30.3 Å². The number of thiazole rings is 1. The van der Waals surface area contributed by atoms with Gasteiger partial charge in [0.25, 0.3) is 11.8 Å². The van der Waals surface area contributed by atoms with E-state index in [4.69, 9.17) is 9.15 Å². The Kier molecular flexibility index (Phi) is 6.79. The third-order valence-corrected chi connectivity index (χ3v) is 5.23. The highest BCUT2D eigenvalue weighted by Crippen LogP contribution is 2.12. The van der Waals surface area contributed by atoms with E-state index in [2.05, 4.69) is 10.3 Å². The fourth-order valence-electron chi connectivity index (χ4n) is 2.72. The average molecular weight is 413 g/mol. The van der Waals surface area contributed by atoms with Crippen molar-refractivity contribution >= 4 is 23.2 Å². The van der Waals surface area contributed by atoms with E-state index in [1.54, 1.807) is 25.3 Å². The van der Waals surface area contributed by atoms with E-state index in [1.807, 2.05) is 42.0 Å². The first-order chi connectivity index (χ1) is 14.0. The number of ether oxygens (including phenoxy) is 1. The number of aromatic nitrogens is 1. The van der Waals surface area contributed by atoms with Crippen LogP contribution < -0.4 is 10.1 Å². The van der Waals surface area contributed by atoms with Crippen LogP contribution in [0.15, 0.2) is 51.2 Å². The minimum Gasteiger partial charge on any atom is -0.454 e. The summed E-state index contributed by atoms with van der Waals surface area (Å²) in [7, 11) is 1.57. The molecule has 0 atom stereocenters. The van der Waals surface area contributed by atoms with Crippen molar-refractivity contribution in [2.45, 2.75) is 20.4 Å². The van der Waals surface area contributed by atoms with Gasteiger partial charge in [0.05, 0.1) is 13.2 Å². The number of nitrogens with one attached hydrogen (secondary N) is 1. The van der Waals surface area contributed by atoms with Gasteiger partial charge in [0.1, 0.15) is 5.76 Å². The van der Waals surface area contributed by atoms with Gasteiger partial charge >= 0.3 is 0 Å². The molecule has 0 radical (unpaired) electrons. The minimum absolute atomic E-state index is 0.235. The molecule has 0 spiro atoms. The number of hydrogen-bond donors (Lipinski definition) is 1. The molecule has 0 saturated heterocycles. The second-order valence-electron chi connectivity index (χ2n) is 6.55. The number of carbonyl (C=O) groups is 2. The van der Waals surface area contributed by atoms with Gasteiger partial charge in [-0.25, -0.2) is 0 Å². The predicted octanol–water partition coefficient (Wildman–Crippen LogP) is 2.93. The Labute approximate surface area is 172 Å². The number of hydrogen-bond acceptors (Lipinski definition) is 5. The molecule has 0 fully saturated rings. The summed E-state index contributed by atoms with van der Waals surface area (Å²) < 4.78 is 12.5. The Hall–Kier alpha value is -2.97. The van der Waals surface area contributed by atoms with Crippen LogP contribution in [0.3, 0.4) is 0 Å². The summed E-state index contributed by atoms with van der Waals surface area (Å²) in [6.07, 6.45) is 0. The highest BCUT2D eigenvalue weighted by molar-refractivity contribution is 7.07. The fourth-order valence-corrected chi connectivity index (χ4v) is 3.59.